The predicted octanol–water partition coefficient (Wildman–Crippen LogP) is 4.40. The first kappa shape index (κ1) is 18.2. The lowest BCUT2D eigenvalue weighted by molar-refractivity contribution is 0.783. The van der Waals surface area contributed by atoms with Gasteiger partial charge < -0.3 is 10.3 Å². The number of anilines is 1. The molecule has 0 aliphatic carbocycles. The van der Waals surface area contributed by atoms with Gasteiger partial charge in [0.2, 0.25) is 0 Å². The number of aromatic nitrogens is 3. The summed E-state index contributed by atoms with van der Waals surface area (Å²) in [6, 6.07) is 18.0. The molecule has 0 unspecified atom stereocenters. The highest BCUT2D eigenvalue weighted by Gasteiger charge is 2.15. The van der Waals surface area contributed by atoms with Crippen molar-refractivity contribution in [3.63, 3.8) is 0 Å². The summed E-state index contributed by atoms with van der Waals surface area (Å²) in [5, 5.41) is 1.06. The summed E-state index contributed by atoms with van der Waals surface area (Å²) in [6.45, 7) is 2.66. The Balaban J connectivity index is 0.00000196. The molecule has 4 rings (SSSR count). The highest BCUT2D eigenvalue weighted by atomic mass is 127. The molecule has 2 aromatic heterocycles. The second-order valence-corrected chi connectivity index (χ2v) is 5.85. The molecule has 0 saturated carbocycles. The van der Waals surface area contributed by atoms with Crippen LogP contribution in [0.3, 0.4) is 0 Å². The smallest absolute Gasteiger partial charge is 0.152 e. The maximum Gasteiger partial charge on any atom is 0.152 e. The van der Waals surface area contributed by atoms with Crippen LogP contribution in [0.1, 0.15) is 18.3 Å². The number of para-hydroxylation sites is 1. The highest BCUT2D eigenvalue weighted by molar-refractivity contribution is 14.0. The van der Waals surface area contributed by atoms with Gasteiger partial charge in [0, 0.05) is 17.4 Å². The number of fused-ring (bicyclic) bond motifs is 3. The topological polar surface area (TPSA) is 56.7 Å². The second-order valence-electron chi connectivity index (χ2n) is 5.85. The number of rotatable bonds is 2. The molecule has 0 aliphatic heterocycles. The zero-order valence-corrected chi connectivity index (χ0v) is 16.8. The summed E-state index contributed by atoms with van der Waals surface area (Å²) in [4.78, 5) is 9.20. The molecule has 26 heavy (non-hydrogen) atoms. The molecule has 4 nitrogen and oxygen atoms in total. The molecule has 0 atom stereocenters. The van der Waals surface area contributed by atoms with Crippen LogP contribution < -0.4 is 5.73 Å². The van der Waals surface area contributed by atoms with Crippen molar-refractivity contribution in [1.29, 1.82) is 0 Å². The van der Waals surface area contributed by atoms with Crippen molar-refractivity contribution in [2.45, 2.75) is 19.9 Å². The third-order valence-electron chi connectivity index (χ3n) is 4.25. The Bertz CT molecular complexity index is 1120. The van der Waals surface area contributed by atoms with Crippen LogP contribution >= 0.6 is 24.0 Å². The summed E-state index contributed by atoms with van der Waals surface area (Å²) in [5.41, 5.74) is 9.83. The van der Waals surface area contributed by atoms with Crippen LogP contribution in [0.5, 0.6) is 0 Å². The van der Waals surface area contributed by atoms with Crippen molar-refractivity contribution in [2.75, 3.05) is 5.73 Å². The maximum atomic E-state index is 6.16. The molecule has 2 heterocycles. The van der Waals surface area contributed by atoms with Gasteiger partial charge in [-0.1, -0.05) is 55.2 Å². The second kappa shape index (κ2) is 7.75. The average Bonchev–Trinajstić information content (AvgIpc) is 3.02. The number of halogens is 1. The molecule has 0 spiro atoms. The van der Waals surface area contributed by atoms with Gasteiger partial charge in [-0.15, -0.1) is 24.0 Å². The van der Waals surface area contributed by atoms with E-state index in [1.165, 1.54) is 0 Å². The Morgan fingerprint density at radius 2 is 1.73 bits per heavy atom. The Kier molecular flexibility index (Phi) is 5.43. The zero-order chi connectivity index (χ0) is 17.2. The van der Waals surface area contributed by atoms with E-state index in [9.17, 15) is 0 Å². The molecule has 2 N–H and O–H groups in total. The Labute approximate surface area is 169 Å². The zero-order valence-electron chi connectivity index (χ0n) is 14.4. The monoisotopic (exact) mass is 454 g/mol. The largest absolute Gasteiger partial charge is 0.382 e. The number of aryl methyl sites for hydroxylation is 1. The van der Waals surface area contributed by atoms with Gasteiger partial charge in [-0.2, -0.15) is 0 Å². The lowest BCUT2D eigenvalue weighted by Crippen LogP contribution is -2.02. The number of imidazole rings is 1. The van der Waals surface area contributed by atoms with Gasteiger partial charge >= 0.3 is 0 Å². The van der Waals surface area contributed by atoms with Gasteiger partial charge in [-0.05, 0) is 18.2 Å². The molecule has 0 saturated heterocycles. The summed E-state index contributed by atoms with van der Waals surface area (Å²) < 4.78 is 2.16. The van der Waals surface area contributed by atoms with Crippen molar-refractivity contribution < 1.29 is 0 Å². The van der Waals surface area contributed by atoms with Crippen molar-refractivity contribution in [3.8, 4) is 11.8 Å². The molecule has 5 heteroatoms. The van der Waals surface area contributed by atoms with E-state index in [1.54, 1.807) is 0 Å². The van der Waals surface area contributed by atoms with Crippen LogP contribution in [0.15, 0.2) is 54.6 Å². The van der Waals surface area contributed by atoms with Crippen molar-refractivity contribution in [3.05, 3.63) is 66.0 Å². The summed E-state index contributed by atoms with van der Waals surface area (Å²) in [5.74, 6) is 7.93. The van der Waals surface area contributed by atoms with Gasteiger partial charge in [-0.3, -0.25) is 0 Å². The van der Waals surface area contributed by atoms with E-state index in [4.69, 9.17) is 10.7 Å². The number of pyridine rings is 1. The van der Waals surface area contributed by atoms with Crippen LogP contribution in [0.2, 0.25) is 0 Å². The van der Waals surface area contributed by atoms with Crippen LogP contribution in [0, 0.1) is 11.8 Å². The fraction of sp³-hybridized carbons (Fsp3) is 0.143. The molecule has 0 radical (unpaired) electrons. The summed E-state index contributed by atoms with van der Waals surface area (Å²) in [6.07, 6.45) is 0.815. The Morgan fingerprint density at radius 3 is 2.50 bits per heavy atom. The first-order chi connectivity index (χ1) is 12.3. The third-order valence-corrected chi connectivity index (χ3v) is 4.25. The van der Waals surface area contributed by atoms with E-state index in [-0.39, 0.29) is 24.0 Å². The minimum absolute atomic E-state index is 0. The fourth-order valence-electron chi connectivity index (χ4n) is 3.09. The van der Waals surface area contributed by atoms with Crippen molar-refractivity contribution in [1.82, 2.24) is 14.5 Å². The minimum Gasteiger partial charge on any atom is -0.382 e. The number of hydrogen-bond donors (Lipinski definition) is 1. The Hall–Kier alpha value is -2.59. The number of nitrogens with zero attached hydrogens (tertiary/aromatic N) is 3. The van der Waals surface area contributed by atoms with E-state index in [1.807, 2.05) is 48.5 Å². The molecule has 0 aliphatic rings. The maximum absolute atomic E-state index is 6.16. The first-order valence-corrected chi connectivity index (χ1v) is 8.35. The standard InChI is InChI=1S/C21H18N4.HI/c1-2-18-24-19-20(16-12-6-7-13-17(16)23-21(19)22)25(18)14-8-11-15-9-4-3-5-10-15;/h3-7,9-10,12-13H,2,14H2,1H3,(H2,22,23);1H. The lowest BCUT2D eigenvalue weighted by Gasteiger charge is -2.06. The van der Waals surface area contributed by atoms with Crippen LogP contribution in [-0.4, -0.2) is 14.5 Å². The van der Waals surface area contributed by atoms with Gasteiger partial charge in [0.05, 0.1) is 17.6 Å². The molecule has 0 amide bonds. The average molecular weight is 454 g/mol. The molecular formula is C21H19IN4. The molecular weight excluding hydrogens is 435 g/mol. The van der Waals surface area contributed by atoms with E-state index in [2.05, 4.69) is 34.4 Å². The van der Waals surface area contributed by atoms with Gasteiger partial charge in [0.1, 0.15) is 11.3 Å². The predicted molar refractivity (Wildman–Crippen MR) is 118 cm³/mol. The van der Waals surface area contributed by atoms with E-state index < -0.39 is 0 Å². The van der Waals surface area contributed by atoms with Gasteiger partial charge in [-0.25, -0.2) is 9.97 Å². The lowest BCUT2D eigenvalue weighted by atomic mass is 10.2. The molecule has 130 valence electrons. The van der Waals surface area contributed by atoms with Crippen LogP contribution in [-0.2, 0) is 13.0 Å². The van der Waals surface area contributed by atoms with E-state index >= 15 is 0 Å². The number of nitrogen functional groups attached to an aromatic ring is 1. The van der Waals surface area contributed by atoms with Crippen LogP contribution in [0.25, 0.3) is 21.9 Å². The Morgan fingerprint density at radius 1 is 1.00 bits per heavy atom. The van der Waals surface area contributed by atoms with Crippen LogP contribution in [0.4, 0.5) is 5.82 Å². The minimum atomic E-state index is 0. The highest BCUT2D eigenvalue weighted by Crippen LogP contribution is 2.28. The molecule has 0 fully saturated rings. The van der Waals surface area contributed by atoms with Crippen molar-refractivity contribution in [2.24, 2.45) is 0 Å². The molecule has 2 aromatic carbocycles. The number of hydrogen-bond acceptors (Lipinski definition) is 3. The molecule has 4 aromatic rings. The first-order valence-electron chi connectivity index (χ1n) is 8.35. The summed E-state index contributed by atoms with van der Waals surface area (Å²) >= 11 is 0. The SMILES string of the molecule is CCc1nc2c(N)nc3ccccc3c2n1CC#Cc1ccccc1.I. The molecule has 0 bridgehead atoms. The van der Waals surface area contributed by atoms with E-state index in [0.717, 1.165) is 39.7 Å². The van der Waals surface area contributed by atoms with Gasteiger partial charge in [0.25, 0.3) is 0 Å². The number of nitrogens with two attached hydrogens (primary N) is 1. The fourth-order valence-corrected chi connectivity index (χ4v) is 3.09. The number of benzene rings is 2. The van der Waals surface area contributed by atoms with E-state index in [0.29, 0.717) is 12.4 Å². The summed E-state index contributed by atoms with van der Waals surface area (Å²) in [7, 11) is 0. The normalized spacial score (nSPS) is 10.3. The third kappa shape index (κ3) is 3.25. The quantitative estimate of drug-likeness (QED) is 0.361. The van der Waals surface area contributed by atoms with Crippen molar-refractivity contribution >= 4 is 51.7 Å². The van der Waals surface area contributed by atoms with Gasteiger partial charge in [0.15, 0.2) is 5.82 Å².